The number of fused-ring (bicyclic) bond motifs is 2. The third-order valence-electron chi connectivity index (χ3n) is 5.85. The zero-order chi connectivity index (χ0) is 17.7. The van der Waals surface area contributed by atoms with Crippen LogP contribution in [0.2, 0.25) is 0 Å². The molecule has 2 saturated heterocycles. The summed E-state index contributed by atoms with van der Waals surface area (Å²) in [5.74, 6) is 1.12. The Kier molecular flexibility index (Phi) is 4.61. The molecule has 0 N–H and O–H groups in total. The number of carbonyl (C=O) groups excluding carboxylic acids is 1. The molecule has 2 aliphatic rings. The van der Waals surface area contributed by atoms with E-state index >= 15 is 0 Å². The summed E-state index contributed by atoms with van der Waals surface area (Å²) in [5, 5.41) is 4.09. The molecule has 2 aliphatic heterocycles. The molecule has 2 aromatic heterocycles. The minimum Gasteiger partial charge on any atom is -0.338 e. The van der Waals surface area contributed by atoms with Crippen LogP contribution in [0, 0.1) is 11.8 Å². The standard InChI is InChI=1S/C20H21N5O.ClH/c1-23-10-16-11-24(12-17(16)19(23)14-5-3-2-4-6-14)20(26)15-7-8-25-18(9-15)21-13-22-25;/h2-9,13,16-17,19H,10-12H2,1H3;1H/t16-,17+,19-;/m0./s1. The largest absolute Gasteiger partial charge is 0.338 e. The monoisotopic (exact) mass is 383 g/mol. The summed E-state index contributed by atoms with van der Waals surface area (Å²) < 4.78 is 1.68. The number of amides is 1. The Hall–Kier alpha value is -2.44. The summed E-state index contributed by atoms with van der Waals surface area (Å²) in [4.78, 5) is 21.7. The van der Waals surface area contributed by atoms with Gasteiger partial charge in [0, 0.05) is 43.4 Å². The van der Waals surface area contributed by atoms with Gasteiger partial charge in [0.15, 0.2) is 5.65 Å². The summed E-state index contributed by atoms with van der Waals surface area (Å²) in [6.07, 6.45) is 3.30. The summed E-state index contributed by atoms with van der Waals surface area (Å²) in [7, 11) is 2.20. The lowest BCUT2D eigenvalue weighted by molar-refractivity contribution is 0.0768. The molecule has 4 heterocycles. The van der Waals surface area contributed by atoms with Gasteiger partial charge in [0.1, 0.15) is 6.33 Å². The predicted octanol–water partition coefficient (Wildman–Crippen LogP) is 2.53. The molecule has 0 unspecified atom stereocenters. The summed E-state index contributed by atoms with van der Waals surface area (Å²) in [6, 6.07) is 14.7. The zero-order valence-electron chi connectivity index (χ0n) is 15.1. The first kappa shape index (κ1) is 17.9. The van der Waals surface area contributed by atoms with Gasteiger partial charge in [-0.05, 0) is 30.7 Å². The highest BCUT2D eigenvalue weighted by molar-refractivity contribution is 5.95. The van der Waals surface area contributed by atoms with E-state index in [1.54, 1.807) is 10.7 Å². The molecule has 27 heavy (non-hydrogen) atoms. The van der Waals surface area contributed by atoms with E-state index in [2.05, 4.69) is 52.4 Å². The SMILES string of the molecule is CN1C[C@H]2CN(C(=O)c3ccn4ncnc4c3)C[C@H]2[C@@H]1c1ccccc1.Cl. The molecule has 3 atom stereocenters. The van der Waals surface area contributed by atoms with Crippen molar-refractivity contribution >= 4 is 24.0 Å². The van der Waals surface area contributed by atoms with Crippen LogP contribution in [0.25, 0.3) is 5.65 Å². The maximum Gasteiger partial charge on any atom is 0.254 e. The van der Waals surface area contributed by atoms with Crippen LogP contribution in [0.15, 0.2) is 55.0 Å². The van der Waals surface area contributed by atoms with E-state index in [1.165, 1.54) is 11.9 Å². The second-order valence-corrected chi connectivity index (χ2v) is 7.41. The van der Waals surface area contributed by atoms with Crippen LogP contribution in [-0.2, 0) is 0 Å². The fraction of sp³-hybridized carbons (Fsp3) is 0.350. The average Bonchev–Trinajstić information content (AvgIpc) is 3.35. The molecule has 0 spiro atoms. The van der Waals surface area contributed by atoms with Crippen LogP contribution >= 0.6 is 12.4 Å². The number of likely N-dealkylation sites (tertiary alicyclic amines) is 2. The van der Waals surface area contributed by atoms with Crippen LogP contribution in [0.1, 0.15) is 22.0 Å². The van der Waals surface area contributed by atoms with Crippen molar-refractivity contribution in [1.29, 1.82) is 0 Å². The third kappa shape index (κ3) is 2.99. The van der Waals surface area contributed by atoms with Crippen LogP contribution in [0.3, 0.4) is 0 Å². The molecule has 1 aromatic carbocycles. The lowest BCUT2D eigenvalue weighted by Gasteiger charge is -2.27. The predicted molar refractivity (Wildman–Crippen MR) is 105 cm³/mol. The molecule has 7 heteroatoms. The molecule has 0 bridgehead atoms. The number of aromatic nitrogens is 3. The lowest BCUT2D eigenvalue weighted by atomic mass is 9.90. The van der Waals surface area contributed by atoms with E-state index in [0.29, 0.717) is 29.1 Å². The number of hydrogen-bond donors (Lipinski definition) is 0. The van der Waals surface area contributed by atoms with Gasteiger partial charge in [0.2, 0.25) is 0 Å². The summed E-state index contributed by atoms with van der Waals surface area (Å²) >= 11 is 0. The fourth-order valence-corrected chi connectivity index (χ4v) is 4.71. The Balaban J connectivity index is 0.00000180. The van der Waals surface area contributed by atoms with E-state index in [9.17, 15) is 4.79 Å². The Morgan fingerprint density at radius 1 is 1.11 bits per heavy atom. The fourth-order valence-electron chi connectivity index (χ4n) is 4.71. The van der Waals surface area contributed by atoms with Crippen LogP contribution in [0.5, 0.6) is 0 Å². The van der Waals surface area contributed by atoms with E-state index in [-0.39, 0.29) is 18.3 Å². The van der Waals surface area contributed by atoms with E-state index in [4.69, 9.17) is 0 Å². The second kappa shape index (κ2) is 6.94. The molecule has 0 radical (unpaired) electrons. The highest BCUT2D eigenvalue weighted by Gasteiger charge is 2.47. The van der Waals surface area contributed by atoms with Crippen LogP contribution < -0.4 is 0 Å². The van der Waals surface area contributed by atoms with Crippen molar-refractivity contribution in [3.8, 4) is 0 Å². The molecule has 6 nitrogen and oxygen atoms in total. The van der Waals surface area contributed by atoms with Crippen molar-refractivity contribution in [2.24, 2.45) is 11.8 Å². The number of pyridine rings is 1. The van der Waals surface area contributed by atoms with Gasteiger partial charge < -0.3 is 4.90 Å². The van der Waals surface area contributed by atoms with Gasteiger partial charge in [0.25, 0.3) is 5.91 Å². The van der Waals surface area contributed by atoms with Gasteiger partial charge in [0.05, 0.1) is 0 Å². The van der Waals surface area contributed by atoms with Crippen molar-refractivity contribution < 1.29 is 4.79 Å². The van der Waals surface area contributed by atoms with Crippen molar-refractivity contribution in [3.05, 3.63) is 66.1 Å². The molecule has 1 amide bonds. The maximum absolute atomic E-state index is 13.0. The van der Waals surface area contributed by atoms with Gasteiger partial charge in [-0.15, -0.1) is 12.4 Å². The number of nitrogens with zero attached hydrogens (tertiary/aromatic N) is 5. The first-order valence-electron chi connectivity index (χ1n) is 9.04. The molecule has 0 saturated carbocycles. The van der Waals surface area contributed by atoms with Gasteiger partial charge in [-0.1, -0.05) is 30.3 Å². The molecule has 2 fully saturated rings. The van der Waals surface area contributed by atoms with E-state index < -0.39 is 0 Å². The van der Waals surface area contributed by atoms with Gasteiger partial charge in [-0.25, -0.2) is 9.50 Å². The van der Waals surface area contributed by atoms with E-state index in [0.717, 1.165) is 19.6 Å². The molecule has 5 rings (SSSR count). The summed E-state index contributed by atoms with van der Waals surface area (Å²) in [5.41, 5.74) is 2.74. The number of halogens is 1. The smallest absolute Gasteiger partial charge is 0.254 e. The molecule has 0 aliphatic carbocycles. The molecular weight excluding hydrogens is 362 g/mol. The second-order valence-electron chi connectivity index (χ2n) is 7.41. The zero-order valence-corrected chi connectivity index (χ0v) is 15.9. The topological polar surface area (TPSA) is 53.7 Å². The minimum atomic E-state index is 0. The van der Waals surface area contributed by atoms with Gasteiger partial charge >= 0.3 is 0 Å². The lowest BCUT2D eigenvalue weighted by Crippen LogP contribution is -2.33. The first-order valence-corrected chi connectivity index (χ1v) is 9.04. The third-order valence-corrected chi connectivity index (χ3v) is 5.85. The van der Waals surface area contributed by atoms with E-state index in [1.807, 2.05) is 17.0 Å². The van der Waals surface area contributed by atoms with Crippen LogP contribution in [0.4, 0.5) is 0 Å². The number of benzene rings is 1. The average molecular weight is 384 g/mol. The highest BCUT2D eigenvalue weighted by atomic mass is 35.5. The van der Waals surface area contributed by atoms with Crippen molar-refractivity contribution in [2.75, 3.05) is 26.7 Å². The van der Waals surface area contributed by atoms with Crippen molar-refractivity contribution in [2.45, 2.75) is 6.04 Å². The van der Waals surface area contributed by atoms with Gasteiger partial charge in [-0.2, -0.15) is 5.10 Å². The normalized spacial score (nSPS) is 24.8. The van der Waals surface area contributed by atoms with Crippen molar-refractivity contribution in [1.82, 2.24) is 24.4 Å². The molecular formula is C20H22ClN5O. The Labute approximate surface area is 164 Å². The number of hydrogen-bond acceptors (Lipinski definition) is 4. The Morgan fingerprint density at radius 3 is 2.74 bits per heavy atom. The minimum absolute atomic E-state index is 0. The quantitative estimate of drug-likeness (QED) is 0.682. The summed E-state index contributed by atoms with van der Waals surface area (Å²) in [6.45, 7) is 2.68. The van der Waals surface area contributed by atoms with Crippen LogP contribution in [-0.4, -0.2) is 57.0 Å². The number of carbonyl (C=O) groups is 1. The first-order chi connectivity index (χ1) is 12.7. The number of rotatable bonds is 2. The Morgan fingerprint density at radius 2 is 1.93 bits per heavy atom. The van der Waals surface area contributed by atoms with Gasteiger partial charge in [-0.3, -0.25) is 9.69 Å². The molecule has 140 valence electrons. The maximum atomic E-state index is 13.0. The molecule has 3 aromatic rings. The Bertz CT molecular complexity index is 959. The highest BCUT2D eigenvalue weighted by Crippen LogP contribution is 2.44. The van der Waals surface area contributed by atoms with Crippen molar-refractivity contribution in [3.63, 3.8) is 0 Å².